The molecule has 0 bridgehead atoms. The van der Waals surface area contributed by atoms with Crippen molar-refractivity contribution < 1.29 is 28.2 Å². The fourth-order valence-corrected chi connectivity index (χ4v) is 1.60. The van der Waals surface area contributed by atoms with Gasteiger partial charge in [-0.15, -0.1) is 0 Å². The SMILES string of the molecule is COC(=O)CC[C@@H](NC(=O)c1ccc(F)cc1)C(=O)OC. The second kappa shape index (κ2) is 7.98. The number of halogens is 1. The summed E-state index contributed by atoms with van der Waals surface area (Å²) in [6.07, 6.45) is 0.00620. The molecule has 0 unspecified atom stereocenters. The largest absolute Gasteiger partial charge is 0.469 e. The van der Waals surface area contributed by atoms with Crippen molar-refractivity contribution in [3.63, 3.8) is 0 Å². The molecule has 1 aromatic carbocycles. The molecule has 0 radical (unpaired) electrons. The summed E-state index contributed by atoms with van der Waals surface area (Å²) >= 11 is 0. The zero-order chi connectivity index (χ0) is 15.8. The van der Waals surface area contributed by atoms with Crippen molar-refractivity contribution in [3.05, 3.63) is 35.6 Å². The Morgan fingerprint density at radius 1 is 1.14 bits per heavy atom. The number of ether oxygens (including phenoxy) is 2. The van der Waals surface area contributed by atoms with Crippen molar-refractivity contribution in [2.24, 2.45) is 0 Å². The highest BCUT2D eigenvalue weighted by molar-refractivity contribution is 5.96. The van der Waals surface area contributed by atoms with Gasteiger partial charge in [0.25, 0.3) is 5.91 Å². The third-order valence-corrected chi connectivity index (χ3v) is 2.76. The summed E-state index contributed by atoms with van der Waals surface area (Å²) in [6.45, 7) is 0. The predicted molar refractivity (Wildman–Crippen MR) is 70.9 cm³/mol. The Labute approximate surface area is 121 Å². The number of amides is 1. The fraction of sp³-hybridized carbons (Fsp3) is 0.357. The number of hydrogen-bond donors (Lipinski definition) is 1. The molecule has 1 N–H and O–H groups in total. The lowest BCUT2D eigenvalue weighted by atomic mass is 10.1. The number of rotatable bonds is 6. The Hall–Kier alpha value is -2.44. The highest BCUT2D eigenvalue weighted by atomic mass is 19.1. The van der Waals surface area contributed by atoms with Crippen LogP contribution in [0.2, 0.25) is 0 Å². The van der Waals surface area contributed by atoms with Gasteiger partial charge in [-0.1, -0.05) is 0 Å². The third kappa shape index (κ3) is 5.21. The number of carbonyl (C=O) groups is 3. The minimum Gasteiger partial charge on any atom is -0.469 e. The fourth-order valence-electron chi connectivity index (χ4n) is 1.60. The lowest BCUT2D eigenvalue weighted by molar-refractivity contribution is -0.144. The highest BCUT2D eigenvalue weighted by Gasteiger charge is 2.23. The Morgan fingerprint density at radius 3 is 2.29 bits per heavy atom. The number of hydrogen-bond acceptors (Lipinski definition) is 5. The van der Waals surface area contributed by atoms with Crippen LogP contribution in [0.3, 0.4) is 0 Å². The van der Waals surface area contributed by atoms with E-state index in [1.54, 1.807) is 0 Å². The van der Waals surface area contributed by atoms with Gasteiger partial charge in [0.15, 0.2) is 0 Å². The van der Waals surface area contributed by atoms with Crippen molar-refractivity contribution in [2.75, 3.05) is 14.2 Å². The van der Waals surface area contributed by atoms with E-state index in [0.717, 1.165) is 12.1 Å². The third-order valence-electron chi connectivity index (χ3n) is 2.76. The van der Waals surface area contributed by atoms with Gasteiger partial charge < -0.3 is 14.8 Å². The second-order valence-electron chi connectivity index (χ2n) is 4.17. The number of carbonyl (C=O) groups excluding carboxylic acids is 3. The minimum atomic E-state index is -0.980. The zero-order valence-corrected chi connectivity index (χ0v) is 11.7. The average Bonchev–Trinajstić information content (AvgIpc) is 2.50. The molecule has 1 amide bonds. The first-order valence-corrected chi connectivity index (χ1v) is 6.19. The van der Waals surface area contributed by atoms with Crippen molar-refractivity contribution >= 4 is 17.8 Å². The first-order chi connectivity index (χ1) is 9.97. The molecule has 7 heteroatoms. The summed E-state index contributed by atoms with van der Waals surface area (Å²) in [5.74, 6) is -2.20. The van der Waals surface area contributed by atoms with Gasteiger partial charge in [0, 0.05) is 12.0 Å². The zero-order valence-electron chi connectivity index (χ0n) is 11.7. The summed E-state index contributed by atoms with van der Waals surface area (Å²) in [6, 6.07) is 3.87. The van der Waals surface area contributed by atoms with E-state index in [1.807, 2.05) is 0 Å². The normalized spacial score (nSPS) is 11.4. The molecular formula is C14H16FNO5. The van der Waals surface area contributed by atoms with E-state index in [2.05, 4.69) is 14.8 Å². The number of methoxy groups -OCH3 is 2. The molecule has 0 saturated carbocycles. The van der Waals surface area contributed by atoms with Gasteiger partial charge in [-0.05, 0) is 30.7 Å². The van der Waals surface area contributed by atoms with Gasteiger partial charge in [-0.2, -0.15) is 0 Å². The smallest absolute Gasteiger partial charge is 0.328 e. The van der Waals surface area contributed by atoms with Crippen LogP contribution in [0.4, 0.5) is 4.39 Å². The molecule has 1 rings (SSSR count). The Morgan fingerprint density at radius 2 is 1.76 bits per heavy atom. The predicted octanol–water partition coefficient (Wildman–Crippen LogP) is 1.05. The van der Waals surface area contributed by atoms with E-state index < -0.39 is 29.7 Å². The Balaban J connectivity index is 2.71. The van der Waals surface area contributed by atoms with Gasteiger partial charge in [0.2, 0.25) is 0 Å². The van der Waals surface area contributed by atoms with E-state index in [4.69, 9.17) is 0 Å². The molecule has 0 spiro atoms. The summed E-state index contributed by atoms with van der Waals surface area (Å²) in [5, 5.41) is 2.44. The van der Waals surface area contributed by atoms with Crippen LogP contribution in [-0.4, -0.2) is 38.1 Å². The van der Waals surface area contributed by atoms with Crippen LogP contribution in [0.5, 0.6) is 0 Å². The first kappa shape index (κ1) is 16.6. The standard InChI is InChI=1S/C14H16FNO5/c1-20-12(17)8-7-11(14(19)21-2)16-13(18)9-3-5-10(15)6-4-9/h3-6,11H,7-8H2,1-2H3,(H,16,18)/t11-/m1/s1. The molecule has 0 aliphatic carbocycles. The molecule has 0 aliphatic heterocycles. The first-order valence-electron chi connectivity index (χ1n) is 6.19. The molecular weight excluding hydrogens is 281 g/mol. The molecule has 0 saturated heterocycles. The van der Waals surface area contributed by atoms with Gasteiger partial charge in [0.1, 0.15) is 11.9 Å². The average molecular weight is 297 g/mol. The van der Waals surface area contributed by atoms with Gasteiger partial charge >= 0.3 is 11.9 Å². The monoisotopic (exact) mass is 297 g/mol. The Bertz CT molecular complexity index is 515. The van der Waals surface area contributed by atoms with Crippen molar-refractivity contribution in [1.29, 1.82) is 0 Å². The number of esters is 2. The topological polar surface area (TPSA) is 81.7 Å². The van der Waals surface area contributed by atoms with Crippen LogP contribution in [0.1, 0.15) is 23.2 Å². The second-order valence-corrected chi connectivity index (χ2v) is 4.17. The molecule has 1 aromatic rings. The maximum atomic E-state index is 12.8. The molecule has 0 heterocycles. The van der Waals surface area contributed by atoms with Crippen LogP contribution in [-0.2, 0) is 19.1 Å². The quantitative estimate of drug-likeness (QED) is 0.794. The molecule has 0 aliphatic rings. The maximum Gasteiger partial charge on any atom is 0.328 e. The molecule has 114 valence electrons. The van der Waals surface area contributed by atoms with Crippen LogP contribution < -0.4 is 5.32 Å². The van der Waals surface area contributed by atoms with Crippen LogP contribution >= 0.6 is 0 Å². The van der Waals surface area contributed by atoms with E-state index in [9.17, 15) is 18.8 Å². The molecule has 1 atom stereocenters. The van der Waals surface area contributed by atoms with Crippen molar-refractivity contribution in [2.45, 2.75) is 18.9 Å². The van der Waals surface area contributed by atoms with E-state index in [-0.39, 0.29) is 18.4 Å². The Kier molecular flexibility index (Phi) is 6.32. The number of nitrogens with one attached hydrogen (secondary N) is 1. The van der Waals surface area contributed by atoms with E-state index >= 15 is 0 Å². The number of benzene rings is 1. The summed E-state index contributed by atoms with van der Waals surface area (Å²) in [7, 11) is 2.41. The van der Waals surface area contributed by atoms with E-state index in [0.29, 0.717) is 0 Å². The van der Waals surface area contributed by atoms with Crippen LogP contribution in [0.15, 0.2) is 24.3 Å². The summed E-state index contributed by atoms with van der Waals surface area (Å²) < 4.78 is 21.8. The van der Waals surface area contributed by atoms with Gasteiger partial charge in [0.05, 0.1) is 14.2 Å². The van der Waals surface area contributed by atoms with E-state index in [1.165, 1.54) is 26.4 Å². The van der Waals surface area contributed by atoms with Gasteiger partial charge in [-0.3, -0.25) is 9.59 Å². The minimum absolute atomic E-state index is 0.0417. The molecule has 0 fully saturated rings. The van der Waals surface area contributed by atoms with Crippen molar-refractivity contribution in [3.8, 4) is 0 Å². The highest BCUT2D eigenvalue weighted by Crippen LogP contribution is 2.06. The molecule has 21 heavy (non-hydrogen) atoms. The van der Waals surface area contributed by atoms with Crippen LogP contribution in [0.25, 0.3) is 0 Å². The molecule has 0 aromatic heterocycles. The summed E-state index contributed by atoms with van der Waals surface area (Å²) in [5.41, 5.74) is 0.198. The van der Waals surface area contributed by atoms with Crippen molar-refractivity contribution in [1.82, 2.24) is 5.32 Å². The maximum absolute atomic E-state index is 12.8. The lowest BCUT2D eigenvalue weighted by Gasteiger charge is -2.16. The van der Waals surface area contributed by atoms with Crippen LogP contribution in [0, 0.1) is 5.82 Å². The summed E-state index contributed by atoms with van der Waals surface area (Å²) in [4.78, 5) is 34.6. The lowest BCUT2D eigenvalue weighted by Crippen LogP contribution is -2.41. The molecule has 6 nitrogen and oxygen atoms in total. The van der Waals surface area contributed by atoms with Gasteiger partial charge in [-0.25, -0.2) is 9.18 Å².